The Kier molecular flexibility index (Phi) is 10.7. The van der Waals surface area contributed by atoms with Gasteiger partial charge in [0.2, 0.25) is 0 Å². The van der Waals surface area contributed by atoms with Crippen molar-refractivity contribution in [1.82, 2.24) is 15.5 Å². The van der Waals surface area contributed by atoms with Gasteiger partial charge in [-0.3, -0.25) is 9.79 Å². The Hall–Kier alpha value is -3.07. The molecule has 0 atom stereocenters. The lowest BCUT2D eigenvalue weighted by Crippen LogP contribution is -2.36. The molecule has 1 amide bonds. The smallest absolute Gasteiger partial charge is 0.253 e. The number of halogens is 1. The summed E-state index contributed by atoms with van der Waals surface area (Å²) in [4.78, 5) is 17.9. The van der Waals surface area contributed by atoms with Gasteiger partial charge in [-0.25, -0.2) is 0 Å². The van der Waals surface area contributed by atoms with Crippen molar-refractivity contribution >= 4 is 35.8 Å². The fraction of sp³-hybridized carbons (Fsp3) is 0.231. The second kappa shape index (κ2) is 13.5. The van der Waals surface area contributed by atoms with Crippen molar-refractivity contribution in [3.63, 3.8) is 0 Å². The molecule has 0 fully saturated rings. The molecular formula is C26H31IN4O2. The maximum Gasteiger partial charge on any atom is 0.253 e. The largest absolute Gasteiger partial charge is 0.489 e. The van der Waals surface area contributed by atoms with Gasteiger partial charge >= 0.3 is 0 Å². The summed E-state index contributed by atoms with van der Waals surface area (Å²) in [6, 6.07) is 25.7. The van der Waals surface area contributed by atoms with Crippen molar-refractivity contribution < 1.29 is 9.53 Å². The van der Waals surface area contributed by atoms with E-state index in [1.807, 2.05) is 60.7 Å². The van der Waals surface area contributed by atoms with E-state index in [-0.39, 0.29) is 29.9 Å². The zero-order valence-corrected chi connectivity index (χ0v) is 21.6. The first-order valence-electron chi connectivity index (χ1n) is 10.6. The number of guanidine groups is 1. The number of benzene rings is 3. The van der Waals surface area contributed by atoms with Crippen LogP contribution in [0.3, 0.4) is 0 Å². The third-order valence-corrected chi connectivity index (χ3v) is 4.90. The second-order valence-electron chi connectivity index (χ2n) is 7.60. The summed E-state index contributed by atoms with van der Waals surface area (Å²) in [7, 11) is 5.24. The van der Waals surface area contributed by atoms with Crippen LogP contribution in [0.2, 0.25) is 0 Å². The van der Waals surface area contributed by atoms with Gasteiger partial charge in [0, 0.05) is 39.8 Å². The Morgan fingerprint density at radius 1 is 0.848 bits per heavy atom. The van der Waals surface area contributed by atoms with Crippen LogP contribution in [0.5, 0.6) is 5.75 Å². The highest BCUT2D eigenvalue weighted by Crippen LogP contribution is 2.15. The minimum Gasteiger partial charge on any atom is -0.489 e. The molecule has 0 saturated heterocycles. The molecule has 0 radical (unpaired) electrons. The third-order valence-electron chi connectivity index (χ3n) is 4.90. The number of rotatable bonds is 8. The number of carbonyl (C=O) groups is 1. The van der Waals surface area contributed by atoms with Gasteiger partial charge in [0.1, 0.15) is 12.4 Å². The SMILES string of the molecule is CN=C(NCc1ccc(C(=O)N(C)C)cc1)NCc1cccc(OCc2ccccc2)c1.I. The number of nitrogens with one attached hydrogen (secondary N) is 2. The first-order valence-corrected chi connectivity index (χ1v) is 10.6. The Morgan fingerprint density at radius 2 is 1.48 bits per heavy atom. The first-order chi connectivity index (χ1) is 15.5. The first kappa shape index (κ1) is 26.2. The fourth-order valence-corrected chi connectivity index (χ4v) is 3.10. The summed E-state index contributed by atoms with van der Waals surface area (Å²) in [5, 5.41) is 6.63. The van der Waals surface area contributed by atoms with Crippen LogP contribution < -0.4 is 15.4 Å². The topological polar surface area (TPSA) is 66.0 Å². The summed E-state index contributed by atoms with van der Waals surface area (Å²) >= 11 is 0. The van der Waals surface area contributed by atoms with Gasteiger partial charge in [-0.1, -0.05) is 54.6 Å². The zero-order valence-electron chi connectivity index (χ0n) is 19.2. The highest BCUT2D eigenvalue weighted by atomic mass is 127. The summed E-state index contributed by atoms with van der Waals surface area (Å²) in [5.41, 5.74) is 3.99. The molecule has 0 bridgehead atoms. The minimum absolute atomic E-state index is 0. The van der Waals surface area contributed by atoms with E-state index < -0.39 is 0 Å². The number of hydrogen-bond acceptors (Lipinski definition) is 3. The summed E-state index contributed by atoms with van der Waals surface area (Å²) in [5.74, 6) is 1.54. The zero-order chi connectivity index (χ0) is 22.8. The maximum absolute atomic E-state index is 12.0. The standard InChI is InChI=1S/C26H30N4O2.HI/c1-27-26(28-17-20-12-14-23(15-13-20)25(31)30(2)3)29-18-22-10-7-11-24(16-22)32-19-21-8-5-4-6-9-21;/h4-16H,17-19H2,1-3H3,(H2,27,28,29);1H. The lowest BCUT2D eigenvalue weighted by Gasteiger charge is -2.14. The van der Waals surface area contributed by atoms with Gasteiger partial charge in [-0.15, -0.1) is 24.0 Å². The lowest BCUT2D eigenvalue weighted by molar-refractivity contribution is 0.0827. The van der Waals surface area contributed by atoms with E-state index in [0.29, 0.717) is 31.2 Å². The van der Waals surface area contributed by atoms with E-state index in [4.69, 9.17) is 4.74 Å². The number of carbonyl (C=O) groups excluding carboxylic acids is 1. The van der Waals surface area contributed by atoms with Crippen molar-refractivity contribution in [2.45, 2.75) is 19.7 Å². The molecule has 0 aliphatic heterocycles. The van der Waals surface area contributed by atoms with E-state index in [2.05, 4.69) is 33.8 Å². The van der Waals surface area contributed by atoms with E-state index in [9.17, 15) is 4.79 Å². The molecule has 7 heteroatoms. The molecule has 2 N–H and O–H groups in total. The molecule has 0 aliphatic carbocycles. The average molecular weight is 558 g/mol. The van der Waals surface area contributed by atoms with E-state index >= 15 is 0 Å². The Morgan fingerprint density at radius 3 is 2.12 bits per heavy atom. The maximum atomic E-state index is 12.0. The third kappa shape index (κ3) is 8.42. The highest BCUT2D eigenvalue weighted by Gasteiger charge is 2.07. The van der Waals surface area contributed by atoms with Gasteiger partial charge in [0.05, 0.1) is 0 Å². The van der Waals surface area contributed by atoms with Crippen LogP contribution in [-0.4, -0.2) is 37.9 Å². The Bertz CT molecular complexity index is 1040. The molecular weight excluding hydrogens is 527 g/mol. The predicted octanol–water partition coefficient (Wildman–Crippen LogP) is 4.45. The molecule has 0 heterocycles. The van der Waals surface area contributed by atoms with Gasteiger partial charge in [0.15, 0.2) is 5.96 Å². The van der Waals surface area contributed by atoms with Crippen LogP contribution in [0.15, 0.2) is 83.9 Å². The molecule has 6 nitrogen and oxygen atoms in total. The molecule has 0 aromatic heterocycles. The van der Waals surface area contributed by atoms with E-state index in [0.717, 1.165) is 22.4 Å². The molecule has 3 aromatic rings. The van der Waals surface area contributed by atoms with Crippen molar-refractivity contribution in [2.75, 3.05) is 21.1 Å². The second-order valence-corrected chi connectivity index (χ2v) is 7.60. The molecule has 0 unspecified atom stereocenters. The number of amides is 1. The summed E-state index contributed by atoms with van der Waals surface area (Å²) in [6.07, 6.45) is 0. The van der Waals surface area contributed by atoms with Crippen LogP contribution in [0.25, 0.3) is 0 Å². The Labute approximate surface area is 213 Å². The van der Waals surface area contributed by atoms with Crippen molar-refractivity contribution in [1.29, 1.82) is 0 Å². The van der Waals surface area contributed by atoms with Gasteiger partial charge < -0.3 is 20.3 Å². The van der Waals surface area contributed by atoms with Crippen LogP contribution in [-0.2, 0) is 19.7 Å². The normalized spacial score (nSPS) is 10.7. The van der Waals surface area contributed by atoms with Crippen LogP contribution >= 0.6 is 24.0 Å². The molecule has 0 spiro atoms. The van der Waals surface area contributed by atoms with Gasteiger partial charge in [-0.2, -0.15) is 0 Å². The molecule has 3 rings (SSSR count). The van der Waals surface area contributed by atoms with Gasteiger partial charge in [-0.05, 0) is 41.0 Å². The molecule has 174 valence electrons. The molecule has 3 aromatic carbocycles. The van der Waals surface area contributed by atoms with Crippen molar-refractivity contribution in [2.24, 2.45) is 4.99 Å². The van der Waals surface area contributed by atoms with Crippen LogP contribution in [0.1, 0.15) is 27.0 Å². The summed E-state index contributed by atoms with van der Waals surface area (Å²) < 4.78 is 5.91. The van der Waals surface area contributed by atoms with Crippen molar-refractivity contribution in [3.8, 4) is 5.75 Å². The number of aliphatic imine (C=N–C) groups is 1. The van der Waals surface area contributed by atoms with Crippen molar-refractivity contribution in [3.05, 3.63) is 101 Å². The lowest BCUT2D eigenvalue weighted by atomic mass is 10.1. The number of ether oxygens (including phenoxy) is 1. The van der Waals surface area contributed by atoms with E-state index in [1.165, 1.54) is 0 Å². The number of hydrogen-bond donors (Lipinski definition) is 2. The highest BCUT2D eigenvalue weighted by molar-refractivity contribution is 14.0. The van der Waals surface area contributed by atoms with Crippen LogP contribution in [0.4, 0.5) is 0 Å². The fourth-order valence-electron chi connectivity index (χ4n) is 3.10. The monoisotopic (exact) mass is 558 g/mol. The average Bonchev–Trinajstić information content (AvgIpc) is 2.83. The summed E-state index contributed by atoms with van der Waals surface area (Å²) in [6.45, 7) is 1.77. The van der Waals surface area contributed by atoms with Gasteiger partial charge in [0.25, 0.3) is 5.91 Å². The quantitative estimate of drug-likeness (QED) is 0.244. The molecule has 0 saturated carbocycles. The Balaban J connectivity index is 0.00000385. The molecule has 0 aliphatic rings. The predicted molar refractivity (Wildman–Crippen MR) is 144 cm³/mol. The van der Waals surface area contributed by atoms with E-state index in [1.54, 1.807) is 26.0 Å². The number of nitrogens with zero attached hydrogens (tertiary/aromatic N) is 2. The van der Waals surface area contributed by atoms with Crippen LogP contribution in [0, 0.1) is 0 Å². The molecule has 33 heavy (non-hydrogen) atoms. The minimum atomic E-state index is -0.00281.